The summed E-state index contributed by atoms with van der Waals surface area (Å²) >= 11 is 1.65. The van der Waals surface area contributed by atoms with Gasteiger partial charge in [0.25, 0.3) is 0 Å². The van der Waals surface area contributed by atoms with Crippen LogP contribution < -0.4 is 5.32 Å². The number of nitrogens with one attached hydrogen (secondary N) is 1. The second kappa shape index (κ2) is 8.69. The van der Waals surface area contributed by atoms with Gasteiger partial charge < -0.3 is 10.4 Å². The number of thiophene rings is 1. The van der Waals surface area contributed by atoms with Crippen molar-refractivity contribution >= 4 is 23.2 Å². The number of aryl methyl sites for hydroxylation is 1. The van der Waals surface area contributed by atoms with Crippen LogP contribution in [0.15, 0.2) is 12.1 Å². The second-order valence-corrected chi connectivity index (χ2v) is 5.97. The van der Waals surface area contributed by atoms with E-state index in [1.54, 1.807) is 11.3 Å². The van der Waals surface area contributed by atoms with Gasteiger partial charge >= 0.3 is 5.97 Å². The van der Waals surface area contributed by atoms with Crippen LogP contribution in [0, 0.1) is 6.92 Å². The maximum Gasteiger partial charge on any atom is 0.303 e. The predicted octanol–water partition coefficient (Wildman–Crippen LogP) is 2.75. The van der Waals surface area contributed by atoms with Crippen molar-refractivity contribution in [3.63, 3.8) is 0 Å². The Kier molecular flexibility index (Phi) is 7.18. The summed E-state index contributed by atoms with van der Waals surface area (Å²) in [5.41, 5.74) is 0. The third-order valence-corrected chi connectivity index (χ3v) is 3.77. The minimum atomic E-state index is -0.737. The Labute approximate surface area is 117 Å². The van der Waals surface area contributed by atoms with E-state index in [0.717, 1.165) is 30.6 Å². The molecule has 106 valence electrons. The quantitative estimate of drug-likeness (QED) is 0.685. The molecule has 0 saturated carbocycles. The molecule has 1 rings (SSSR count). The summed E-state index contributed by atoms with van der Waals surface area (Å²) in [6, 6.07) is 4.02. The molecule has 0 spiro atoms. The molecule has 0 saturated heterocycles. The van der Waals surface area contributed by atoms with Gasteiger partial charge in [0.05, 0.1) is 6.42 Å². The fraction of sp³-hybridized carbons (Fsp3) is 0.571. The lowest BCUT2D eigenvalue weighted by atomic mass is 10.1. The van der Waals surface area contributed by atoms with Crippen molar-refractivity contribution in [1.29, 1.82) is 0 Å². The van der Waals surface area contributed by atoms with Crippen molar-refractivity contribution in [2.24, 2.45) is 0 Å². The molecule has 1 heterocycles. The van der Waals surface area contributed by atoms with Crippen LogP contribution in [-0.2, 0) is 16.0 Å². The van der Waals surface area contributed by atoms with E-state index in [9.17, 15) is 9.59 Å². The van der Waals surface area contributed by atoms with Crippen molar-refractivity contribution in [3.05, 3.63) is 21.9 Å². The molecule has 0 aromatic carbocycles. The lowest BCUT2D eigenvalue weighted by molar-refractivity contribution is -0.137. The molecule has 2 N–H and O–H groups in total. The van der Waals surface area contributed by atoms with Crippen LogP contribution in [0.25, 0.3) is 0 Å². The Morgan fingerprint density at radius 3 is 2.58 bits per heavy atom. The van der Waals surface area contributed by atoms with Crippen LogP contribution in [0.5, 0.6) is 0 Å². The molecule has 0 radical (unpaired) electrons. The summed E-state index contributed by atoms with van der Waals surface area (Å²) in [7, 11) is 0. The van der Waals surface area contributed by atoms with Crippen LogP contribution in [0.3, 0.4) is 0 Å². The first-order chi connectivity index (χ1) is 9.08. The zero-order chi connectivity index (χ0) is 14.1. The topological polar surface area (TPSA) is 66.4 Å². The normalized spacial score (nSPS) is 10.4. The molecule has 0 aliphatic carbocycles. The number of rotatable bonds is 9. The third-order valence-electron chi connectivity index (χ3n) is 2.77. The van der Waals surface area contributed by atoms with E-state index < -0.39 is 5.97 Å². The summed E-state index contributed by atoms with van der Waals surface area (Å²) in [6.45, 7) is 2.71. The fourth-order valence-corrected chi connectivity index (χ4v) is 2.67. The Bertz CT molecular complexity index is 415. The number of carbonyl (C=O) groups is 2. The minimum Gasteiger partial charge on any atom is -0.481 e. The van der Waals surface area contributed by atoms with E-state index in [4.69, 9.17) is 5.11 Å². The Hall–Kier alpha value is -1.36. The highest BCUT2D eigenvalue weighted by atomic mass is 32.1. The number of hydrogen-bond acceptors (Lipinski definition) is 3. The Morgan fingerprint density at radius 2 is 1.95 bits per heavy atom. The molecule has 0 fully saturated rings. The van der Waals surface area contributed by atoms with Crippen molar-refractivity contribution in [3.8, 4) is 0 Å². The average molecular weight is 283 g/mol. The first kappa shape index (κ1) is 15.7. The lowest BCUT2D eigenvalue weighted by Gasteiger charge is -2.04. The molecular weight excluding hydrogens is 262 g/mol. The summed E-state index contributed by atoms with van der Waals surface area (Å²) in [6.07, 6.45) is 4.20. The maximum atomic E-state index is 11.6. The molecule has 0 aliphatic heterocycles. The minimum absolute atomic E-state index is 0.0624. The number of carboxylic acids is 1. The summed E-state index contributed by atoms with van der Waals surface area (Å²) in [4.78, 5) is 24.2. The van der Waals surface area contributed by atoms with E-state index in [0.29, 0.717) is 13.0 Å². The number of amides is 1. The van der Waals surface area contributed by atoms with E-state index >= 15 is 0 Å². The molecule has 1 aromatic heterocycles. The Balaban J connectivity index is 2.00. The summed E-state index contributed by atoms with van der Waals surface area (Å²) < 4.78 is 0. The molecule has 4 nitrogen and oxygen atoms in total. The predicted molar refractivity (Wildman–Crippen MR) is 76.5 cm³/mol. The van der Waals surface area contributed by atoms with Crippen molar-refractivity contribution < 1.29 is 14.7 Å². The van der Waals surface area contributed by atoms with Crippen molar-refractivity contribution in [2.45, 2.75) is 45.4 Å². The highest BCUT2D eigenvalue weighted by Crippen LogP contribution is 2.15. The van der Waals surface area contributed by atoms with Crippen molar-refractivity contribution in [1.82, 2.24) is 5.32 Å². The van der Waals surface area contributed by atoms with Crippen LogP contribution >= 0.6 is 11.3 Å². The van der Waals surface area contributed by atoms with Crippen LogP contribution in [-0.4, -0.2) is 23.5 Å². The number of unbranched alkanes of at least 4 members (excludes halogenated alkanes) is 3. The highest BCUT2D eigenvalue weighted by molar-refractivity contribution is 7.12. The summed E-state index contributed by atoms with van der Waals surface area (Å²) in [5, 5.41) is 11.4. The molecule has 1 amide bonds. The lowest BCUT2D eigenvalue weighted by Crippen LogP contribution is -2.25. The van der Waals surface area contributed by atoms with Gasteiger partial charge in [-0.3, -0.25) is 9.59 Å². The summed E-state index contributed by atoms with van der Waals surface area (Å²) in [5.74, 6) is -0.674. The SMILES string of the molecule is Cc1ccc(CC(=O)NCCCCCCC(=O)O)s1. The number of carbonyl (C=O) groups excluding carboxylic acids is 1. The molecule has 5 heteroatoms. The first-order valence-electron chi connectivity index (χ1n) is 6.62. The van der Waals surface area contributed by atoms with Gasteiger partial charge in [0, 0.05) is 22.7 Å². The first-order valence-corrected chi connectivity index (χ1v) is 7.43. The number of aliphatic carboxylic acids is 1. The number of hydrogen-bond donors (Lipinski definition) is 2. The van der Waals surface area contributed by atoms with Crippen LogP contribution in [0.2, 0.25) is 0 Å². The molecule has 1 aromatic rings. The molecule has 0 aliphatic rings. The highest BCUT2D eigenvalue weighted by Gasteiger charge is 2.04. The zero-order valence-corrected chi connectivity index (χ0v) is 12.1. The van der Waals surface area contributed by atoms with Gasteiger partial charge in [-0.25, -0.2) is 0 Å². The van der Waals surface area contributed by atoms with E-state index in [1.165, 1.54) is 4.88 Å². The monoisotopic (exact) mass is 283 g/mol. The molecule has 19 heavy (non-hydrogen) atoms. The van der Waals surface area contributed by atoms with Crippen LogP contribution in [0.1, 0.15) is 41.9 Å². The van der Waals surface area contributed by atoms with Crippen molar-refractivity contribution in [2.75, 3.05) is 6.54 Å². The van der Waals surface area contributed by atoms with E-state index in [1.807, 2.05) is 19.1 Å². The van der Waals surface area contributed by atoms with Gasteiger partial charge in [-0.15, -0.1) is 11.3 Å². The smallest absolute Gasteiger partial charge is 0.303 e. The molecule has 0 unspecified atom stereocenters. The van der Waals surface area contributed by atoms with Gasteiger partial charge in [-0.1, -0.05) is 12.8 Å². The molecular formula is C14H21NO3S. The average Bonchev–Trinajstić information content (AvgIpc) is 2.73. The van der Waals surface area contributed by atoms with E-state index in [-0.39, 0.29) is 12.3 Å². The molecule has 0 bridgehead atoms. The third kappa shape index (κ3) is 7.62. The maximum absolute atomic E-state index is 11.6. The van der Waals surface area contributed by atoms with E-state index in [2.05, 4.69) is 5.32 Å². The fourth-order valence-electron chi connectivity index (χ4n) is 1.78. The van der Waals surface area contributed by atoms with Gasteiger partial charge in [0.2, 0.25) is 5.91 Å². The Morgan fingerprint density at radius 1 is 1.21 bits per heavy atom. The van der Waals surface area contributed by atoms with Gasteiger partial charge in [0.15, 0.2) is 0 Å². The van der Waals surface area contributed by atoms with Gasteiger partial charge in [-0.05, 0) is 31.9 Å². The van der Waals surface area contributed by atoms with Gasteiger partial charge in [-0.2, -0.15) is 0 Å². The second-order valence-electron chi connectivity index (χ2n) is 4.60. The largest absolute Gasteiger partial charge is 0.481 e. The van der Waals surface area contributed by atoms with Crippen LogP contribution in [0.4, 0.5) is 0 Å². The molecule has 0 atom stereocenters. The van der Waals surface area contributed by atoms with Gasteiger partial charge in [0.1, 0.15) is 0 Å². The number of carboxylic acid groups (broad SMARTS) is 1. The zero-order valence-electron chi connectivity index (χ0n) is 11.3. The standard InChI is InChI=1S/C14H21NO3S/c1-11-7-8-12(19-11)10-13(16)15-9-5-3-2-4-6-14(17)18/h7-8H,2-6,9-10H2,1H3,(H,15,16)(H,17,18).